The summed E-state index contributed by atoms with van der Waals surface area (Å²) in [6, 6.07) is 15.4. The van der Waals surface area contributed by atoms with Crippen molar-refractivity contribution in [3.63, 3.8) is 0 Å². The fourth-order valence-corrected chi connectivity index (χ4v) is 2.35. The predicted molar refractivity (Wildman–Crippen MR) is 99.0 cm³/mol. The molecule has 0 spiro atoms. The monoisotopic (exact) mass is 384 g/mol. The molecule has 0 unspecified atom stereocenters. The van der Waals surface area contributed by atoms with Gasteiger partial charge in [0.1, 0.15) is 11.2 Å². The number of ketones is 1. The highest BCUT2D eigenvalue weighted by atomic mass is 17.5. The van der Waals surface area contributed by atoms with Crippen LogP contribution in [0.2, 0.25) is 0 Å². The molecule has 2 aromatic rings. The summed E-state index contributed by atoms with van der Waals surface area (Å²) in [4.78, 5) is 45.4. The molecule has 0 heterocycles. The van der Waals surface area contributed by atoms with Crippen LogP contribution in [0.25, 0.3) is 0 Å². The Kier molecular flexibility index (Phi) is 6.81. The van der Waals surface area contributed by atoms with Gasteiger partial charge in [-0.25, -0.2) is 9.59 Å². The number of aryl methyl sites for hydroxylation is 1. The molecular formula is C21H20O7. The van der Waals surface area contributed by atoms with E-state index in [1.807, 2.05) is 6.07 Å². The number of carboxylic acids is 1. The van der Waals surface area contributed by atoms with Crippen LogP contribution in [0.5, 0.6) is 0 Å². The molecule has 28 heavy (non-hydrogen) atoms. The third-order valence-electron chi connectivity index (χ3n) is 3.83. The molecule has 0 atom stereocenters. The topological polar surface area (TPSA) is 99.1 Å². The standard InChI is InChI=1S/C21H20O7/c1-14-8-7-9-15(12-14)19(24)17(13-18(22)23)20(25)26-28-27-21(2,3)16-10-5-4-6-11-16/h4-13H,1-3H3,(H,22,23). The molecule has 0 aliphatic heterocycles. The Labute approximate surface area is 162 Å². The zero-order valence-corrected chi connectivity index (χ0v) is 15.7. The first kappa shape index (κ1) is 21.0. The van der Waals surface area contributed by atoms with Gasteiger partial charge in [-0.2, -0.15) is 4.89 Å². The van der Waals surface area contributed by atoms with Gasteiger partial charge in [0.25, 0.3) is 0 Å². The van der Waals surface area contributed by atoms with E-state index >= 15 is 0 Å². The average Bonchev–Trinajstić information content (AvgIpc) is 2.66. The maximum Gasteiger partial charge on any atom is 0.380 e. The fraction of sp³-hybridized carbons (Fsp3) is 0.190. The summed E-state index contributed by atoms with van der Waals surface area (Å²) in [5.74, 6) is -3.56. The average molecular weight is 384 g/mol. The highest BCUT2D eigenvalue weighted by Gasteiger charge is 2.27. The number of Topliss-reactive ketones (excluding diaryl/α,β-unsaturated/α-hetero) is 1. The van der Waals surface area contributed by atoms with E-state index in [4.69, 9.17) is 9.99 Å². The van der Waals surface area contributed by atoms with Crippen LogP contribution in [-0.2, 0) is 30.0 Å². The molecule has 1 N–H and O–H groups in total. The molecule has 0 aromatic heterocycles. The number of carbonyl (C=O) groups excluding carboxylic acids is 2. The van der Waals surface area contributed by atoms with E-state index in [1.54, 1.807) is 57.2 Å². The van der Waals surface area contributed by atoms with Crippen molar-refractivity contribution in [3.05, 3.63) is 82.9 Å². The lowest BCUT2D eigenvalue weighted by atomic mass is 9.99. The predicted octanol–water partition coefficient (Wildman–Crippen LogP) is 3.53. The van der Waals surface area contributed by atoms with E-state index in [0.717, 1.165) is 11.1 Å². The number of carbonyl (C=O) groups is 3. The van der Waals surface area contributed by atoms with Crippen LogP contribution >= 0.6 is 0 Å². The van der Waals surface area contributed by atoms with Gasteiger partial charge in [-0.05, 0) is 37.4 Å². The highest BCUT2D eigenvalue weighted by Crippen LogP contribution is 2.24. The van der Waals surface area contributed by atoms with E-state index in [0.29, 0.717) is 6.08 Å². The first-order chi connectivity index (χ1) is 13.2. The third kappa shape index (κ3) is 5.60. The lowest BCUT2D eigenvalue weighted by molar-refractivity contribution is -0.519. The maximum absolute atomic E-state index is 12.5. The quantitative estimate of drug-likeness (QED) is 0.186. The van der Waals surface area contributed by atoms with Crippen molar-refractivity contribution in [1.29, 1.82) is 0 Å². The Bertz CT molecular complexity index is 898. The summed E-state index contributed by atoms with van der Waals surface area (Å²) in [6.45, 7) is 5.13. The van der Waals surface area contributed by atoms with E-state index in [9.17, 15) is 14.4 Å². The number of hydrogen-bond acceptors (Lipinski definition) is 6. The molecule has 2 rings (SSSR count). The molecule has 0 saturated carbocycles. The van der Waals surface area contributed by atoms with E-state index in [2.05, 4.69) is 9.93 Å². The number of aliphatic carboxylic acids is 1. The Balaban J connectivity index is 2.10. The lowest BCUT2D eigenvalue weighted by Gasteiger charge is -2.22. The van der Waals surface area contributed by atoms with Crippen LogP contribution < -0.4 is 0 Å². The lowest BCUT2D eigenvalue weighted by Crippen LogP contribution is -2.24. The largest absolute Gasteiger partial charge is 0.478 e. The molecule has 0 radical (unpaired) electrons. The van der Waals surface area contributed by atoms with Gasteiger partial charge in [-0.3, -0.25) is 9.68 Å². The molecule has 0 amide bonds. The van der Waals surface area contributed by atoms with Crippen molar-refractivity contribution < 1.29 is 34.3 Å². The molecule has 0 aliphatic carbocycles. The van der Waals surface area contributed by atoms with Crippen LogP contribution in [0.15, 0.2) is 66.2 Å². The zero-order valence-electron chi connectivity index (χ0n) is 15.7. The summed E-state index contributed by atoms with van der Waals surface area (Å²) >= 11 is 0. The summed E-state index contributed by atoms with van der Waals surface area (Å²) in [6.07, 6.45) is 0.471. The van der Waals surface area contributed by atoms with Gasteiger partial charge in [0, 0.05) is 11.6 Å². The van der Waals surface area contributed by atoms with Crippen molar-refractivity contribution in [3.8, 4) is 0 Å². The van der Waals surface area contributed by atoms with E-state index < -0.39 is 28.9 Å². The molecule has 7 heteroatoms. The Hall–Kier alpha value is -3.29. The summed E-state index contributed by atoms with van der Waals surface area (Å²) < 4.78 is 0. The van der Waals surface area contributed by atoms with Crippen molar-refractivity contribution in [2.75, 3.05) is 0 Å². The molecule has 0 aliphatic rings. The van der Waals surface area contributed by atoms with Gasteiger partial charge in [0.05, 0.1) is 0 Å². The number of rotatable bonds is 8. The Morgan fingerprint density at radius 3 is 2.29 bits per heavy atom. The second-order valence-electron chi connectivity index (χ2n) is 6.49. The fourth-order valence-electron chi connectivity index (χ4n) is 2.35. The van der Waals surface area contributed by atoms with Gasteiger partial charge >= 0.3 is 11.9 Å². The first-order valence-electron chi connectivity index (χ1n) is 8.39. The third-order valence-corrected chi connectivity index (χ3v) is 3.83. The Morgan fingerprint density at radius 2 is 1.68 bits per heavy atom. The number of carboxylic acid groups (broad SMARTS) is 1. The van der Waals surface area contributed by atoms with Crippen LogP contribution in [0.1, 0.15) is 35.3 Å². The zero-order chi connectivity index (χ0) is 20.7. The van der Waals surface area contributed by atoms with Crippen LogP contribution in [0.4, 0.5) is 0 Å². The molecular weight excluding hydrogens is 364 g/mol. The summed E-state index contributed by atoms with van der Waals surface area (Å²) in [5.41, 5.74) is 0.0224. The molecule has 0 fully saturated rings. The number of benzene rings is 2. The van der Waals surface area contributed by atoms with Crippen molar-refractivity contribution in [2.45, 2.75) is 26.4 Å². The molecule has 7 nitrogen and oxygen atoms in total. The van der Waals surface area contributed by atoms with Gasteiger partial charge in [-0.1, -0.05) is 54.1 Å². The Morgan fingerprint density at radius 1 is 1.00 bits per heavy atom. The molecule has 2 aromatic carbocycles. The minimum absolute atomic E-state index is 0.148. The first-order valence-corrected chi connectivity index (χ1v) is 8.39. The SMILES string of the molecule is Cc1cccc(C(=O)C(=CC(=O)O)C(=O)OOOC(C)(C)c2ccccc2)c1. The van der Waals surface area contributed by atoms with Crippen LogP contribution in [0.3, 0.4) is 0 Å². The van der Waals surface area contributed by atoms with E-state index in [1.165, 1.54) is 12.1 Å². The minimum Gasteiger partial charge on any atom is -0.478 e. The molecule has 146 valence electrons. The summed E-state index contributed by atoms with van der Waals surface area (Å²) in [5, 5.41) is 13.5. The molecule has 0 saturated heterocycles. The normalized spacial score (nSPS) is 11.8. The van der Waals surface area contributed by atoms with Crippen LogP contribution in [-0.4, -0.2) is 22.8 Å². The maximum atomic E-state index is 12.5. The van der Waals surface area contributed by atoms with E-state index in [-0.39, 0.29) is 5.56 Å². The highest BCUT2D eigenvalue weighted by molar-refractivity contribution is 6.25. The second kappa shape index (κ2) is 9.07. The molecule has 0 bridgehead atoms. The van der Waals surface area contributed by atoms with Crippen molar-refractivity contribution in [2.24, 2.45) is 0 Å². The second-order valence-corrected chi connectivity index (χ2v) is 6.49. The van der Waals surface area contributed by atoms with Gasteiger partial charge in [0.2, 0.25) is 5.78 Å². The van der Waals surface area contributed by atoms with Crippen molar-refractivity contribution in [1.82, 2.24) is 0 Å². The smallest absolute Gasteiger partial charge is 0.380 e. The minimum atomic E-state index is -1.47. The van der Waals surface area contributed by atoms with Crippen molar-refractivity contribution >= 4 is 17.7 Å². The van der Waals surface area contributed by atoms with Gasteiger partial charge in [-0.15, -0.1) is 0 Å². The van der Waals surface area contributed by atoms with Gasteiger partial charge < -0.3 is 5.11 Å². The van der Waals surface area contributed by atoms with Crippen LogP contribution in [0, 0.1) is 6.92 Å². The van der Waals surface area contributed by atoms with Gasteiger partial charge in [0.15, 0.2) is 0 Å². The summed E-state index contributed by atoms with van der Waals surface area (Å²) in [7, 11) is 0. The number of hydrogen-bond donors (Lipinski definition) is 1.